The summed E-state index contributed by atoms with van der Waals surface area (Å²) in [5, 5.41) is 2.71. The smallest absolute Gasteiger partial charge is 0.264 e. The van der Waals surface area contributed by atoms with Crippen molar-refractivity contribution in [2.45, 2.75) is 13.0 Å². The topological polar surface area (TPSA) is 20.3 Å². The second-order valence-corrected chi connectivity index (χ2v) is 5.67. The van der Waals surface area contributed by atoms with E-state index in [1.165, 1.54) is 16.9 Å². The number of rotatable bonds is 2. The normalized spacial score (nSPS) is 14.7. The lowest BCUT2D eigenvalue weighted by atomic mass is 10.1. The second kappa shape index (κ2) is 4.75. The van der Waals surface area contributed by atoms with Gasteiger partial charge in [0.2, 0.25) is 0 Å². The van der Waals surface area contributed by atoms with Crippen LogP contribution in [0.25, 0.3) is 0 Å². The molecule has 92 valence electrons. The summed E-state index contributed by atoms with van der Waals surface area (Å²) in [6.07, 6.45) is 0.940. The number of benzene rings is 1. The SMILES string of the molecule is O=C1c2sccc2CCN1Cc1ccccc1Cl. The highest BCUT2D eigenvalue weighted by molar-refractivity contribution is 7.12. The first-order chi connectivity index (χ1) is 8.75. The third-order valence-electron chi connectivity index (χ3n) is 3.20. The van der Waals surface area contributed by atoms with Gasteiger partial charge in [0.25, 0.3) is 5.91 Å². The summed E-state index contributed by atoms with van der Waals surface area (Å²) < 4.78 is 0. The van der Waals surface area contributed by atoms with Crippen molar-refractivity contribution in [3.63, 3.8) is 0 Å². The van der Waals surface area contributed by atoms with Gasteiger partial charge in [0.15, 0.2) is 0 Å². The van der Waals surface area contributed by atoms with Crippen LogP contribution in [-0.2, 0) is 13.0 Å². The average Bonchev–Trinajstić information content (AvgIpc) is 2.84. The molecule has 0 unspecified atom stereocenters. The maximum atomic E-state index is 12.3. The minimum atomic E-state index is 0.131. The van der Waals surface area contributed by atoms with Crippen molar-refractivity contribution in [2.75, 3.05) is 6.54 Å². The van der Waals surface area contributed by atoms with Crippen molar-refractivity contribution in [3.8, 4) is 0 Å². The van der Waals surface area contributed by atoms with E-state index in [9.17, 15) is 4.79 Å². The molecule has 18 heavy (non-hydrogen) atoms. The predicted octanol–water partition coefficient (Wildman–Crippen LogP) is 3.60. The molecular weight excluding hydrogens is 266 g/mol. The number of hydrogen-bond acceptors (Lipinski definition) is 2. The number of nitrogens with zero attached hydrogens (tertiary/aromatic N) is 1. The molecule has 0 saturated heterocycles. The van der Waals surface area contributed by atoms with Crippen molar-refractivity contribution < 1.29 is 4.79 Å². The van der Waals surface area contributed by atoms with Crippen LogP contribution < -0.4 is 0 Å². The largest absolute Gasteiger partial charge is 0.333 e. The monoisotopic (exact) mass is 277 g/mol. The Bertz CT molecular complexity index is 593. The zero-order valence-corrected chi connectivity index (χ0v) is 11.3. The first-order valence-corrected chi connectivity index (χ1v) is 7.10. The Morgan fingerprint density at radius 2 is 2.11 bits per heavy atom. The van der Waals surface area contributed by atoms with Crippen LogP contribution in [-0.4, -0.2) is 17.4 Å². The van der Waals surface area contributed by atoms with Crippen molar-refractivity contribution in [1.82, 2.24) is 4.90 Å². The molecule has 0 aliphatic carbocycles. The number of thiophene rings is 1. The van der Waals surface area contributed by atoms with E-state index in [4.69, 9.17) is 11.6 Å². The fraction of sp³-hybridized carbons (Fsp3) is 0.214. The molecule has 0 fully saturated rings. The summed E-state index contributed by atoms with van der Waals surface area (Å²) in [6.45, 7) is 1.36. The van der Waals surface area contributed by atoms with Crippen LogP contribution in [0.2, 0.25) is 5.02 Å². The van der Waals surface area contributed by atoms with E-state index in [-0.39, 0.29) is 5.91 Å². The van der Waals surface area contributed by atoms with Gasteiger partial charge in [-0.05, 0) is 35.1 Å². The number of halogens is 1. The zero-order valence-electron chi connectivity index (χ0n) is 9.73. The standard InChI is InChI=1S/C14H12ClNOS/c15-12-4-2-1-3-11(12)9-16-7-5-10-6-8-18-13(10)14(16)17/h1-4,6,8H,5,7,9H2. The molecule has 0 saturated carbocycles. The molecule has 1 aliphatic rings. The van der Waals surface area contributed by atoms with E-state index in [1.54, 1.807) is 0 Å². The summed E-state index contributed by atoms with van der Waals surface area (Å²) in [4.78, 5) is 15.0. The molecular formula is C14H12ClNOS. The lowest BCUT2D eigenvalue weighted by Crippen LogP contribution is -2.36. The van der Waals surface area contributed by atoms with Gasteiger partial charge < -0.3 is 4.90 Å². The van der Waals surface area contributed by atoms with Crippen molar-refractivity contribution >= 4 is 28.8 Å². The van der Waals surface area contributed by atoms with Crippen LogP contribution in [0.4, 0.5) is 0 Å². The zero-order chi connectivity index (χ0) is 12.5. The Hall–Kier alpha value is -1.32. The van der Waals surface area contributed by atoms with Crippen LogP contribution in [0.1, 0.15) is 20.8 Å². The Labute approximate surface area is 115 Å². The lowest BCUT2D eigenvalue weighted by Gasteiger charge is -2.27. The van der Waals surface area contributed by atoms with Crippen molar-refractivity contribution in [2.24, 2.45) is 0 Å². The lowest BCUT2D eigenvalue weighted by molar-refractivity contribution is 0.0733. The van der Waals surface area contributed by atoms with Crippen LogP contribution >= 0.6 is 22.9 Å². The highest BCUT2D eigenvalue weighted by Gasteiger charge is 2.25. The van der Waals surface area contributed by atoms with E-state index < -0.39 is 0 Å². The second-order valence-electron chi connectivity index (χ2n) is 4.34. The molecule has 3 rings (SSSR count). The van der Waals surface area contributed by atoms with E-state index in [1.807, 2.05) is 40.6 Å². The molecule has 0 N–H and O–H groups in total. The number of hydrogen-bond donors (Lipinski definition) is 0. The van der Waals surface area contributed by atoms with Gasteiger partial charge >= 0.3 is 0 Å². The minimum Gasteiger partial charge on any atom is -0.333 e. The Morgan fingerprint density at radius 3 is 2.94 bits per heavy atom. The molecule has 0 atom stereocenters. The van der Waals surface area contributed by atoms with E-state index in [2.05, 4.69) is 0 Å². The summed E-state index contributed by atoms with van der Waals surface area (Å²) in [5.41, 5.74) is 2.19. The maximum absolute atomic E-state index is 12.3. The number of fused-ring (bicyclic) bond motifs is 1. The van der Waals surface area contributed by atoms with Gasteiger partial charge in [-0.1, -0.05) is 29.8 Å². The summed E-state index contributed by atoms with van der Waals surface area (Å²) in [7, 11) is 0. The van der Waals surface area contributed by atoms with Gasteiger partial charge in [0.1, 0.15) is 0 Å². The fourth-order valence-corrected chi connectivity index (χ4v) is 3.32. The minimum absolute atomic E-state index is 0.131. The van der Waals surface area contributed by atoms with Crippen LogP contribution in [0, 0.1) is 0 Å². The number of carbonyl (C=O) groups is 1. The molecule has 1 aromatic heterocycles. The Kier molecular flexibility index (Phi) is 3.10. The fourth-order valence-electron chi connectivity index (χ4n) is 2.20. The van der Waals surface area contributed by atoms with Crippen molar-refractivity contribution in [3.05, 3.63) is 56.7 Å². The van der Waals surface area contributed by atoms with Crippen LogP contribution in [0.5, 0.6) is 0 Å². The van der Waals surface area contributed by atoms with Gasteiger partial charge in [0.05, 0.1) is 4.88 Å². The summed E-state index contributed by atoms with van der Waals surface area (Å²) in [5.74, 6) is 0.131. The molecule has 0 bridgehead atoms. The van der Waals surface area contributed by atoms with E-state index in [0.717, 1.165) is 28.4 Å². The van der Waals surface area contributed by atoms with Gasteiger partial charge in [0, 0.05) is 18.1 Å². The third-order valence-corrected chi connectivity index (χ3v) is 4.51. The maximum Gasteiger partial charge on any atom is 0.264 e. The molecule has 0 radical (unpaired) electrons. The molecule has 0 spiro atoms. The van der Waals surface area contributed by atoms with E-state index in [0.29, 0.717) is 6.54 Å². The van der Waals surface area contributed by atoms with Gasteiger partial charge in [-0.25, -0.2) is 0 Å². The van der Waals surface area contributed by atoms with Gasteiger partial charge in [-0.3, -0.25) is 4.79 Å². The first-order valence-electron chi connectivity index (χ1n) is 5.85. The highest BCUT2D eigenvalue weighted by Crippen LogP contribution is 2.26. The summed E-state index contributed by atoms with van der Waals surface area (Å²) >= 11 is 7.66. The first kappa shape index (κ1) is 11.8. The molecule has 2 heterocycles. The quantitative estimate of drug-likeness (QED) is 0.821. The van der Waals surface area contributed by atoms with Gasteiger partial charge in [-0.2, -0.15) is 0 Å². The molecule has 1 aliphatic heterocycles. The highest BCUT2D eigenvalue weighted by atomic mass is 35.5. The Morgan fingerprint density at radius 1 is 1.28 bits per heavy atom. The number of carbonyl (C=O) groups excluding carboxylic acids is 1. The van der Waals surface area contributed by atoms with Crippen LogP contribution in [0.3, 0.4) is 0 Å². The predicted molar refractivity (Wildman–Crippen MR) is 74.2 cm³/mol. The third kappa shape index (κ3) is 2.04. The number of amides is 1. The molecule has 1 aromatic carbocycles. The van der Waals surface area contributed by atoms with Gasteiger partial charge in [-0.15, -0.1) is 11.3 Å². The molecule has 2 aromatic rings. The van der Waals surface area contributed by atoms with Crippen molar-refractivity contribution in [1.29, 1.82) is 0 Å². The molecule has 1 amide bonds. The molecule has 2 nitrogen and oxygen atoms in total. The summed E-state index contributed by atoms with van der Waals surface area (Å²) in [6, 6.07) is 9.74. The molecule has 4 heteroatoms. The average molecular weight is 278 g/mol. The van der Waals surface area contributed by atoms with E-state index >= 15 is 0 Å². The van der Waals surface area contributed by atoms with Crippen LogP contribution in [0.15, 0.2) is 35.7 Å². The Balaban J connectivity index is 1.84.